The number of thiophene rings is 1. The number of hydrogen-bond donors (Lipinski definition) is 2. The van der Waals surface area contributed by atoms with E-state index in [0.29, 0.717) is 17.3 Å². The van der Waals surface area contributed by atoms with Crippen LogP contribution in [-0.4, -0.2) is 42.9 Å². The molecule has 1 heterocycles. The summed E-state index contributed by atoms with van der Waals surface area (Å²) in [6.07, 6.45) is 0.831. The fourth-order valence-corrected chi connectivity index (χ4v) is 3.34. The molecule has 3 N–H and O–H groups in total. The summed E-state index contributed by atoms with van der Waals surface area (Å²) in [6.45, 7) is 4.60. The van der Waals surface area contributed by atoms with Gasteiger partial charge in [0.05, 0.1) is 15.2 Å². The SMILES string of the molecule is CC(C)CC(CN)NC(=O)CN(C)C(=O)c1ccc(Br)s1. The van der Waals surface area contributed by atoms with Crippen LogP contribution < -0.4 is 11.1 Å². The number of halogens is 1. The van der Waals surface area contributed by atoms with Gasteiger partial charge in [-0.15, -0.1) is 11.3 Å². The van der Waals surface area contributed by atoms with Crippen LogP contribution in [-0.2, 0) is 4.79 Å². The largest absolute Gasteiger partial charge is 0.351 e. The molecule has 0 aliphatic rings. The second kappa shape index (κ2) is 8.51. The van der Waals surface area contributed by atoms with Crippen LogP contribution in [0.4, 0.5) is 0 Å². The van der Waals surface area contributed by atoms with E-state index in [2.05, 4.69) is 35.1 Å². The van der Waals surface area contributed by atoms with Gasteiger partial charge in [-0.2, -0.15) is 0 Å². The van der Waals surface area contributed by atoms with Crippen molar-refractivity contribution in [1.29, 1.82) is 0 Å². The van der Waals surface area contributed by atoms with Gasteiger partial charge in [-0.3, -0.25) is 9.59 Å². The van der Waals surface area contributed by atoms with Crippen molar-refractivity contribution in [3.8, 4) is 0 Å². The third-order valence-electron chi connectivity index (χ3n) is 2.92. The molecule has 1 aromatic rings. The van der Waals surface area contributed by atoms with Gasteiger partial charge in [-0.25, -0.2) is 0 Å². The number of amides is 2. The summed E-state index contributed by atoms with van der Waals surface area (Å²) < 4.78 is 0.892. The fraction of sp³-hybridized carbons (Fsp3) is 0.571. The van der Waals surface area contributed by atoms with Crippen LogP contribution in [0, 0.1) is 5.92 Å². The maximum absolute atomic E-state index is 12.1. The molecule has 0 aromatic carbocycles. The quantitative estimate of drug-likeness (QED) is 0.765. The molecule has 0 fully saturated rings. The van der Waals surface area contributed by atoms with Gasteiger partial charge >= 0.3 is 0 Å². The molecule has 0 saturated carbocycles. The Hall–Kier alpha value is -0.920. The van der Waals surface area contributed by atoms with E-state index < -0.39 is 0 Å². The van der Waals surface area contributed by atoms with Crippen LogP contribution in [0.5, 0.6) is 0 Å². The maximum Gasteiger partial charge on any atom is 0.264 e. The number of hydrogen-bond acceptors (Lipinski definition) is 4. The second-order valence-corrected chi connectivity index (χ2v) is 7.86. The Morgan fingerprint density at radius 3 is 2.57 bits per heavy atom. The Balaban J connectivity index is 2.51. The molecule has 0 aliphatic carbocycles. The highest BCUT2D eigenvalue weighted by molar-refractivity contribution is 9.11. The van der Waals surface area contributed by atoms with Crippen molar-refractivity contribution in [1.82, 2.24) is 10.2 Å². The zero-order valence-electron chi connectivity index (χ0n) is 12.6. The number of carbonyl (C=O) groups is 2. The molecule has 118 valence electrons. The van der Waals surface area contributed by atoms with Gasteiger partial charge in [0, 0.05) is 19.6 Å². The van der Waals surface area contributed by atoms with Crippen molar-refractivity contribution in [3.05, 3.63) is 20.8 Å². The van der Waals surface area contributed by atoms with Crippen LogP contribution in [0.1, 0.15) is 29.9 Å². The third-order valence-corrected chi connectivity index (χ3v) is 4.53. The summed E-state index contributed by atoms with van der Waals surface area (Å²) in [6, 6.07) is 3.52. The molecule has 1 unspecified atom stereocenters. The van der Waals surface area contributed by atoms with E-state index >= 15 is 0 Å². The van der Waals surface area contributed by atoms with Gasteiger partial charge in [-0.1, -0.05) is 13.8 Å². The van der Waals surface area contributed by atoms with Crippen molar-refractivity contribution in [2.24, 2.45) is 11.7 Å². The number of nitrogens with zero attached hydrogens (tertiary/aromatic N) is 1. The molecule has 5 nitrogen and oxygen atoms in total. The molecule has 7 heteroatoms. The standard InChI is InChI=1S/C14H22BrN3O2S/c1-9(2)6-10(7-16)17-13(19)8-18(3)14(20)11-4-5-12(15)21-11/h4-5,9-10H,6-8,16H2,1-3H3,(H,17,19). The lowest BCUT2D eigenvalue weighted by atomic mass is 10.0. The first-order valence-electron chi connectivity index (χ1n) is 6.83. The van der Waals surface area contributed by atoms with E-state index in [4.69, 9.17) is 5.73 Å². The van der Waals surface area contributed by atoms with Crippen LogP contribution in [0.15, 0.2) is 15.9 Å². The van der Waals surface area contributed by atoms with Crippen molar-refractivity contribution in [3.63, 3.8) is 0 Å². The Bertz CT molecular complexity index is 490. The maximum atomic E-state index is 12.1. The molecular formula is C14H22BrN3O2S. The number of nitrogens with two attached hydrogens (primary N) is 1. The van der Waals surface area contributed by atoms with Crippen molar-refractivity contribution in [2.75, 3.05) is 20.1 Å². The highest BCUT2D eigenvalue weighted by atomic mass is 79.9. The van der Waals surface area contributed by atoms with Gasteiger partial charge in [0.2, 0.25) is 5.91 Å². The van der Waals surface area contributed by atoms with E-state index in [1.165, 1.54) is 16.2 Å². The van der Waals surface area contributed by atoms with Gasteiger partial charge in [0.25, 0.3) is 5.91 Å². The van der Waals surface area contributed by atoms with Crippen molar-refractivity contribution < 1.29 is 9.59 Å². The predicted octanol–water partition coefficient (Wildman–Crippen LogP) is 2.07. The highest BCUT2D eigenvalue weighted by Crippen LogP contribution is 2.22. The van der Waals surface area contributed by atoms with Crippen molar-refractivity contribution in [2.45, 2.75) is 26.3 Å². The van der Waals surface area contributed by atoms with E-state index in [9.17, 15) is 9.59 Å². The Labute approximate surface area is 138 Å². The number of rotatable bonds is 7. The second-order valence-electron chi connectivity index (χ2n) is 5.39. The minimum Gasteiger partial charge on any atom is -0.351 e. The molecule has 0 saturated heterocycles. The molecule has 1 aromatic heterocycles. The van der Waals surface area contributed by atoms with Crippen molar-refractivity contribution >= 4 is 39.1 Å². The Kier molecular flexibility index (Phi) is 7.34. The minimum atomic E-state index is -0.183. The number of likely N-dealkylation sites (N-methyl/N-ethyl adjacent to an activating group) is 1. The normalized spacial score (nSPS) is 12.3. The summed E-state index contributed by atoms with van der Waals surface area (Å²) >= 11 is 4.67. The van der Waals surface area contributed by atoms with Crippen LogP contribution in [0.2, 0.25) is 0 Å². The zero-order chi connectivity index (χ0) is 16.0. The van der Waals surface area contributed by atoms with Gasteiger partial charge < -0.3 is 16.0 Å². The van der Waals surface area contributed by atoms with E-state index in [1.807, 2.05) is 6.07 Å². The average Bonchev–Trinajstić information content (AvgIpc) is 2.82. The summed E-state index contributed by atoms with van der Waals surface area (Å²) in [5.41, 5.74) is 5.65. The molecule has 0 radical (unpaired) electrons. The number of carbonyl (C=O) groups excluding carboxylic acids is 2. The predicted molar refractivity (Wildman–Crippen MR) is 89.4 cm³/mol. The van der Waals surface area contributed by atoms with Crippen LogP contribution in [0.25, 0.3) is 0 Å². The monoisotopic (exact) mass is 375 g/mol. The summed E-state index contributed by atoms with van der Waals surface area (Å²) in [4.78, 5) is 26.1. The molecule has 1 atom stereocenters. The van der Waals surface area contributed by atoms with E-state index in [1.54, 1.807) is 13.1 Å². The molecule has 21 heavy (non-hydrogen) atoms. The van der Waals surface area contributed by atoms with Crippen LogP contribution >= 0.6 is 27.3 Å². The highest BCUT2D eigenvalue weighted by Gasteiger charge is 2.18. The topological polar surface area (TPSA) is 75.4 Å². The smallest absolute Gasteiger partial charge is 0.264 e. The van der Waals surface area contributed by atoms with Crippen LogP contribution in [0.3, 0.4) is 0 Å². The summed E-state index contributed by atoms with van der Waals surface area (Å²) in [5, 5.41) is 2.88. The zero-order valence-corrected chi connectivity index (χ0v) is 15.0. The molecule has 2 amide bonds. The fourth-order valence-electron chi connectivity index (χ4n) is 1.96. The van der Waals surface area contributed by atoms with E-state index in [0.717, 1.165) is 10.2 Å². The molecule has 0 aliphatic heterocycles. The minimum absolute atomic E-state index is 0.0307. The lowest BCUT2D eigenvalue weighted by Gasteiger charge is -2.21. The molecular weight excluding hydrogens is 354 g/mol. The molecule has 0 spiro atoms. The van der Waals surface area contributed by atoms with Gasteiger partial charge in [0.15, 0.2) is 0 Å². The first-order valence-corrected chi connectivity index (χ1v) is 8.44. The first kappa shape index (κ1) is 18.1. The molecule has 0 bridgehead atoms. The average molecular weight is 376 g/mol. The first-order chi connectivity index (χ1) is 9.83. The third kappa shape index (κ3) is 6.15. The van der Waals surface area contributed by atoms with Gasteiger partial charge in [0.1, 0.15) is 0 Å². The Morgan fingerprint density at radius 2 is 2.10 bits per heavy atom. The molecule has 1 rings (SSSR count). The summed E-state index contributed by atoms with van der Waals surface area (Å²) in [5.74, 6) is 0.119. The Morgan fingerprint density at radius 1 is 1.43 bits per heavy atom. The van der Waals surface area contributed by atoms with E-state index in [-0.39, 0.29) is 24.4 Å². The summed E-state index contributed by atoms with van der Waals surface area (Å²) in [7, 11) is 1.62. The number of nitrogens with one attached hydrogen (secondary N) is 1. The van der Waals surface area contributed by atoms with Gasteiger partial charge in [-0.05, 0) is 40.4 Å². The lowest BCUT2D eigenvalue weighted by Crippen LogP contribution is -2.46. The lowest BCUT2D eigenvalue weighted by molar-refractivity contribution is -0.122.